The number of hydrogen-bond acceptors (Lipinski definition) is 6. The van der Waals surface area contributed by atoms with E-state index in [4.69, 9.17) is 10.9 Å². The number of aromatic nitrogens is 1. The van der Waals surface area contributed by atoms with E-state index in [9.17, 15) is 4.79 Å². The molecule has 0 aliphatic rings. The second-order valence-corrected chi connectivity index (χ2v) is 2.81. The third-order valence-electron chi connectivity index (χ3n) is 1.81. The van der Waals surface area contributed by atoms with E-state index in [2.05, 4.69) is 9.72 Å². The summed E-state index contributed by atoms with van der Waals surface area (Å²) in [6.07, 6.45) is 1.45. The Bertz CT molecular complexity index is 326. The van der Waals surface area contributed by atoms with Crippen molar-refractivity contribution in [3.05, 3.63) is 24.0 Å². The molecule has 6 nitrogen and oxygen atoms in total. The van der Waals surface area contributed by atoms with Crippen LogP contribution in [0.1, 0.15) is 10.5 Å². The Morgan fingerprint density at radius 1 is 1.67 bits per heavy atom. The molecule has 0 bridgehead atoms. The van der Waals surface area contributed by atoms with E-state index in [1.165, 1.54) is 24.4 Å². The molecule has 0 saturated heterocycles. The van der Waals surface area contributed by atoms with Gasteiger partial charge in [0.05, 0.1) is 32.1 Å². The van der Waals surface area contributed by atoms with Gasteiger partial charge in [0.15, 0.2) is 0 Å². The van der Waals surface area contributed by atoms with Crippen molar-refractivity contribution in [2.45, 2.75) is 0 Å². The molecule has 0 saturated carbocycles. The first-order valence-corrected chi connectivity index (χ1v) is 4.36. The average Bonchev–Trinajstić information content (AvgIpc) is 2.28. The summed E-state index contributed by atoms with van der Waals surface area (Å²) in [7, 11) is 1.29. The summed E-state index contributed by atoms with van der Waals surface area (Å²) in [6, 6.07) is 3.15. The largest absolute Gasteiger partial charge is 0.464 e. The predicted octanol–water partition coefficient (Wildman–Crippen LogP) is -0.459. The lowest BCUT2D eigenvalue weighted by Crippen LogP contribution is -2.33. The predicted molar refractivity (Wildman–Crippen MR) is 54.2 cm³/mol. The first-order chi connectivity index (χ1) is 7.19. The Morgan fingerprint density at radius 2 is 2.40 bits per heavy atom. The maximum Gasteiger partial charge on any atom is 0.356 e. The second-order valence-electron chi connectivity index (χ2n) is 2.81. The summed E-state index contributed by atoms with van der Waals surface area (Å²) in [5, 5.41) is 10.0. The SMILES string of the molecule is COC(=O)c1ccc(N(N)CCO)cn1. The number of carbonyl (C=O) groups is 1. The number of aliphatic hydroxyl groups excluding tert-OH is 1. The fraction of sp³-hybridized carbons (Fsp3) is 0.333. The van der Waals surface area contributed by atoms with Gasteiger partial charge < -0.3 is 14.9 Å². The third-order valence-corrected chi connectivity index (χ3v) is 1.81. The first kappa shape index (κ1) is 11.4. The van der Waals surface area contributed by atoms with Crippen molar-refractivity contribution in [1.82, 2.24) is 4.98 Å². The van der Waals surface area contributed by atoms with Crippen LogP contribution in [0.3, 0.4) is 0 Å². The summed E-state index contributed by atoms with van der Waals surface area (Å²) in [5.41, 5.74) is 0.843. The van der Waals surface area contributed by atoms with E-state index in [0.29, 0.717) is 12.2 Å². The van der Waals surface area contributed by atoms with Crippen molar-refractivity contribution < 1.29 is 14.6 Å². The lowest BCUT2D eigenvalue weighted by molar-refractivity contribution is 0.0594. The van der Waals surface area contributed by atoms with Crippen LogP contribution in [0.25, 0.3) is 0 Å². The van der Waals surface area contributed by atoms with Gasteiger partial charge in [0.25, 0.3) is 0 Å². The van der Waals surface area contributed by atoms with Gasteiger partial charge >= 0.3 is 5.97 Å². The average molecular weight is 211 g/mol. The van der Waals surface area contributed by atoms with Crippen LogP contribution in [-0.4, -0.2) is 36.3 Å². The molecule has 1 heterocycles. The number of rotatable bonds is 4. The van der Waals surface area contributed by atoms with Crippen LogP contribution in [0.15, 0.2) is 18.3 Å². The van der Waals surface area contributed by atoms with Crippen LogP contribution < -0.4 is 10.9 Å². The van der Waals surface area contributed by atoms with Crippen molar-refractivity contribution >= 4 is 11.7 Å². The zero-order chi connectivity index (χ0) is 11.3. The number of nitrogens with zero attached hydrogens (tertiary/aromatic N) is 2. The Balaban J connectivity index is 2.76. The molecule has 1 aromatic heterocycles. The fourth-order valence-corrected chi connectivity index (χ4v) is 1.02. The molecule has 0 amide bonds. The standard InChI is InChI=1S/C9H13N3O3/c1-15-9(14)8-3-2-7(6-11-8)12(10)4-5-13/h2-3,6,13H,4-5,10H2,1H3. The maximum absolute atomic E-state index is 11.1. The molecule has 15 heavy (non-hydrogen) atoms. The number of carbonyl (C=O) groups excluding carboxylic acids is 1. The monoisotopic (exact) mass is 211 g/mol. The van der Waals surface area contributed by atoms with E-state index < -0.39 is 5.97 Å². The molecule has 0 aliphatic heterocycles. The number of hydrogen-bond donors (Lipinski definition) is 2. The minimum absolute atomic E-state index is 0.0464. The third kappa shape index (κ3) is 2.90. The lowest BCUT2D eigenvalue weighted by Gasteiger charge is -2.16. The number of nitrogens with two attached hydrogens (primary N) is 1. The van der Waals surface area contributed by atoms with E-state index in [-0.39, 0.29) is 12.3 Å². The quantitative estimate of drug-likeness (QED) is 0.398. The highest BCUT2D eigenvalue weighted by Gasteiger charge is 2.07. The van der Waals surface area contributed by atoms with Gasteiger partial charge in [-0.15, -0.1) is 0 Å². The first-order valence-electron chi connectivity index (χ1n) is 4.36. The number of esters is 1. The number of aliphatic hydroxyl groups is 1. The Morgan fingerprint density at radius 3 is 2.87 bits per heavy atom. The molecule has 0 aliphatic carbocycles. The Labute approximate surface area is 87.2 Å². The maximum atomic E-state index is 11.1. The number of anilines is 1. The Kier molecular flexibility index (Phi) is 4.02. The molecule has 0 unspecified atom stereocenters. The van der Waals surface area contributed by atoms with Crippen LogP contribution in [0.5, 0.6) is 0 Å². The van der Waals surface area contributed by atoms with Crippen LogP contribution in [0, 0.1) is 0 Å². The van der Waals surface area contributed by atoms with Crippen molar-refractivity contribution in [2.75, 3.05) is 25.3 Å². The van der Waals surface area contributed by atoms with Gasteiger partial charge in [-0.2, -0.15) is 0 Å². The molecule has 82 valence electrons. The molecule has 0 fully saturated rings. The van der Waals surface area contributed by atoms with Crippen LogP contribution in [-0.2, 0) is 4.74 Å². The van der Waals surface area contributed by atoms with Crippen LogP contribution in [0.4, 0.5) is 5.69 Å². The van der Waals surface area contributed by atoms with Gasteiger partial charge in [-0.25, -0.2) is 15.6 Å². The Hall–Kier alpha value is -1.66. The van der Waals surface area contributed by atoms with Gasteiger partial charge in [0.2, 0.25) is 0 Å². The molecule has 0 aromatic carbocycles. The van der Waals surface area contributed by atoms with E-state index >= 15 is 0 Å². The fourth-order valence-electron chi connectivity index (χ4n) is 1.02. The van der Waals surface area contributed by atoms with Crippen LogP contribution >= 0.6 is 0 Å². The summed E-state index contributed by atoms with van der Waals surface area (Å²) in [4.78, 5) is 14.9. The number of hydrazine groups is 1. The highest BCUT2D eigenvalue weighted by atomic mass is 16.5. The zero-order valence-corrected chi connectivity index (χ0v) is 8.38. The lowest BCUT2D eigenvalue weighted by atomic mass is 10.3. The minimum Gasteiger partial charge on any atom is -0.464 e. The molecule has 3 N–H and O–H groups in total. The van der Waals surface area contributed by atoms with Crippen molar-refractivity contribution in [3.8, 4) is 0 Å². The number of pyridine rings is 1. The van der Waals surface area contributed by atoms with Crippen molar-refractivity contribution in [2.24, 2.45) is 5.84 Å². The van der Waals surface area contributed by atoms with Crippen LogP contribution in [0.2, 0.25) is 0 Å². The summed E-state index contributed by atoms with van der Waals surface area (Å²) in [5.74, 6) is 5.09. The highest BCUT2D eigenvalue weighted by molar-refractivity contribution is 5.87. The topological polar surface area (TPSA) is 88.7 Å². The number of methoxy groups -OCH3 is 1. The molecule has 1 aromatic rings. The number of ether oxygens (including phenoxy) is 1. The molecule has 0 spiro atoms. The van der Waals surface area contributed by atoms with Gasteiger partial charge in [-0.1, -0.05) is 0 Å². The van der Waals surface area contributed by atoms with Gasteiger partial charge in [0.1, 0.15) is 5.69 Å². The molecule has 0 radical (unpaired) electrons. The smallest absolute Gasteiger partial charge is 0.356 e. The molecule has 6 heteroatoms. The molecule has 0 atom stereocenters. The second kappa shape index (κ2) is 5.28. The molecule has 1 rings (SSSR count). The van der Waals surface area contributed by atoms with Gasteiger partial charge in [0, 0.05) is 0 Å². The molecular weight excluding hydrogens is 198 g/mol. The van der Waals surface area contributed by atoms with Crippen molar-refractivity contribution in [3.63, 3.8) is 0 Å². The summed E-state index contributed by atoms with van der Waals surface area (Å²) < 4.78 is 4.50. The van der Waals surface area contributed by atoms with Crippen molar-refractivity contribution in [1.29, 1.82) is 0 Å². The van der Waals surface area contributed by atoms with Gasteiger partial charge in [-0.3, -0.25) is 0 Å². The summed E-state index contributed by atoms with van der Waals surface area (Å²) in [6.45, 7) is 0.258. The van der Waals surface area contributed by atoms with E-state index in [1.54, 1.807) is 6.07 Å². The molecular formula is C9H13N3O3. The highest BCUT2D eigenvalue weighted by Crippen LogP contribution is 2.09. The van der Waals surface area contributed by atoms with E-state index in [1.807, 2.05) is 0 Å². The minimum atomic E-state index is -0.493. The normalized spacial score (nSPS) is 9.80. The summed E-state index contributed by atoms with van der Waals surface area (Å²) >= 11 is 0. The zero-order valence-electron chi connectivity index (χ0n) is 8.38. The van der Waals surface area contributed by atoms with Gasteiger partial charge in [-0.05, 0) is 12.1 Å². The van der Waals surface area contributed by atoms with E-state index in [0.717, 1.165) is 0 Å².